The molecule has 104 valence electrons. The molecule has 2 aromatic carbocycles. The number of methoxy groups -OCH3 is 1. The third-order valence-electron chi connectivity index (χ3n) is 2.92. The zero-order valence-electron chi connectivity index (χ0n) is 11.3. The minimum atomic E-state index is -0.0880. The maximum atomic E-state index is 11.9. The molecule has 1 amide bonds. The molecular weight excluding hydrogens is 254 g/mol. The highest BCUT2D eigenvalue weighted by atomic mass is 16.5. The fourth-order valence-corrected chi connectivity index (χ4v) is 1.87. The van der Waals surface area contributed by atoms with Crippen molar-refractivity contribution in [2.24, 2.45) is 0 Å². The number of hydrogen-bond donors (Lipinski definition) is 2. The molecule has 0 saturated carbocycles. The van der Waals surface area contributed by atoms with Crippen LogP contribution >= 0.6 is 0 Å². The first-order valence-electron chi connectivity index (χ1n) is 6.34. The normalized spacial score (nSPS) is 10.1. The van der Waals surface area contributed by atoms with Gasteiger partial charge in [-0.1, -0.05) is 24.3 Å². The summed E-state index contributed by atoms with van der Waals surface area (Å²) in [7, 11) is 1.60. The lowest BCUT2D eigenvalue weighted by Crippen LogP contribution is -2.14. The summed E-state index contributed by atoms with van der Waals surface area (Å²) in [6.45, 7) is -0.00195. The molecule has 0 saturated heterocycles. The second-order valence-corrected chi connectivity index (χ2v) is 4.43. The Labute approximate surface area is 118 Å². The van der Waals surface area contributed by atoms with Crippen LogP contribution < -0.4 is 10.1 Å². The Kier molecular flexibility index (Phi) is 4.74. The highest BCUT2D eigenvalue weighted by Crippen LogP contribution is 2.14. The van der Waals surface area contributed by atoms with Gasteiger partial charge in [0, 0.05) is 5.69 Å². The van der Waals surface area contributed by atoms with Crippen LogP contribution in [0.25, 0.3) is 0 Å². The number of benzene rings is 2. The van der Waals surface area contributed by atoms with Crippen LogP contribution in [0.1, 0.15) is 11.1 Å². The van der Waals surface area contributed by atoms with Crippen LogP contribution in [0.5, 0.6) is 5.75 Å². The van der Waals surface area contributed by atoms with Gasteiger partial charge in [0.15, 0.2) is 0 Å². The zero-order valence-corrected chi connectivity index (χ0v) is 11.3. The summed E-state index contributed by atoms with van der Waals surface area (Å²) in [5, 5.41) is 11.8. The first-order valence-corrected chi connectivity index (χ1v) is 6.34. The van der Waals surface area contributed by atoms with Crippen LogP contribution in [-0.4, -0.2) is 18.1 Å². The van der Waals surface area contributed by atoms with Gasteiger partial charge in [-0.25, -0.2) is 0 Å². The maximum absolute atomic E-state index is 11.9. The van der Waals surface area contributed by atoms with E-state index in [1.807, 2.05) is 24.3 Å². The van der Waals surface area contributed by atoms with Crippen molar-refractivity contribution in [3.05, 3.63) is 59.7 Å². The predicted octanol–water partition coefficient (Wildman–Crippen LogP) is 2.37. The molecule has 0 spiro atoms. The average Bonchev–Trinajstić information content (AvgIpc) is 2.48. The third kappa shape index (κ3) is 3.83. The van der Waals surface area contributed by atoms with E-state index >= 15 is 0 Å². The molecule has 0 unspecified atom stereocenters. The van der Waals surface area contributed by atoms with Crippen molar-refractivity contribution in [2.45, 2.75) is 13.0 Å². The molecule has 0 atom stereocenters. The van der Waals surface area contributed by atoms with E-state index in [9.17, 15) is 4.79 Å². The molecule has 2 rings (SSSR count). The average molecular weight is 271 g/mol. The van der Waals surface area contributed by atoms with Gasteiger partial charge < -0.3 is 15.2 Å². The number of nitrogens with one attached hydrogen (secondary N) is 1. The Bertz CT molecular complexity index is 579. The van der Waals surface area contributed by atoms with Crippen molar-refractivity contribution in [3.8, 4) is 5.75 Å². The van der Waals surface area contributed by atoms with Gasteiger partial charge in [-0.15, -0.1) is 0 Å². The van der Waals surface area contributed by atoms with Crippen LogP contribution in [-0.2, 0) is 17.8 Å². The number of aliphatic hydroxyl groups is 1. The summed E-state index contributed by atoms with van der Waals surface area (Å²) in [5.74, 6) is 0.651. The Morgan fingerprint density at radius 3 is 2.55 bits per heavy atom. The van der Waals surface area contributed by atoms with Gasteiger partial charge in [0.1, 0.15) is 5.75 Å². The van der Waals surface area contributed by atoms with Crippen LogP contribution in [0.3, 0.4) is 0 Å². The molecule has 4 nitrogen and oxygen atoms in total. The number of ether oxygens (including phenoxy) is 1. The molecule has 0 aliphatic carbocycles. The summed E-state index contributed by atoms with van der Waals surface area (Å²) in [6, 6.07) is 14.5. The molecule has 2 N–H and O–H groups in total. The third-order valence-corrected chi connectivity index (χ3v) is 2.92. The lowest BCUT2D eigenvalue weighted by molar-refractivity contribution is -0.115. The van der Waals surface area contributed by atoms with E-state index in [4.69, 9.17) is 9.84 Å². The largest absolute Gasteiger partial charge is 0.497 e. The molecule has 2 aromatic rings. The highest BCUT2D eigenvalue weighted by molar-refractivity contribution is 5.92. The van der Waals surface area contributed by atoms with Crippen LogP contribution in [0.2, 0.25) is 0 Å². The second kappa shape index (κ2) is 6.73. The topological polar surface area (TPSA) is 58.6 Å². The van der Waals surface area contributed by atoms with E-state index in [1.54, 1.807) is 31.4 Å². The number of hydrogen-bond acceptors (Lipinski definition) is 3. The molecule has 20 heavy (non-hydrogen) atoms. The highest BCUT2D eigenvalue weighted by Gasteiger charge is 2.05. The van der Waals surface area contributed by atoms with E-state index in [0.29, 0.717) is 6.42 Å². The lowest BCUT2D eigenvalue weighted by atomic mass is 10.1. The minimum absolute atomic E-state index is 0.00195. The summed E-state index contributed by atoms with van der Waals surface area (Å²) < 4.78 is 5.12. The maximum Gasteiger partial charge on any atom is 0.228 e. The van der Waals surface area contributed by atoms with E-state index in [2.05, 4.69) is 5.32 Å². The number of aliphatic hydroxyl groups excluding tert-OH is 1. The molecule has 0 aromatic heterocycles. The summed E-state index contributed by atoms with van der Waals surface area (Å²) in [6.07, 6.45) is 0.291. The zero-order chi connectivity index (χ0) is 14.4. The monoisotopic (exact) mass is 271 g/mol. The first kappa shape index (κ1) is 14.1. The molecule has 0 bridgehead atoms. The fraction of sp³-hybridized carbons (Fsp3) is 0.188. The first-order chi connectivity index (χ1) is 9.71. The number of carbonyl (C=O) groups excluding carboxylic acids is 1. The molecule has 0 fully saturated rings. The van der Waals surface area contributed by atoms with Crippen molar-refractivity contribution in [3.63, 3.8) is 0 Å². The standard InChI is InChI=1S/C16H17NO3/c1-20-15-4-2-3-13(9-15)10-16(19)17-14-7-5-12(11-18)6-8-14/h2-9,18H,10-11H2,1H3,(H,17,19). The van der Waals surface area contributed by atoms with Gasteiger partial charge in [0.2, 0.25) is 5.91 Å². The molecule has 0 aliphatic heterocycles. The van der Waals surface area contributed by atoms with Crippen molar-refractivity contribution in [2.75, 3.05) is 12.4 Å². The van der Waals surface area contributed by atoms with Gasteiger partial charge in [0.25, 0.3) is 0 Å². The Hall–Kier alpha value is -2.33. The van der Waals surface area contributed by atoms with Gasteiger partial charge in [-0.05, 0) is 35.4 Å². The van der Waals surface area contributed by atoms with E-state index in [1.165, 1.54) is 0 Å². The lowest BCUT2D eigenvalue weighted by Gasteiger charge is -2.07. The van der Waals surface area contributed by atoms with Crippen molar-refractivity contribution >= 4 is 11.6 Å². The predicted molar refractivity (Wildman–Crippen MR) is 77.7 cm³/mol. The minimum Gasteiger partial charge on any atom is -0.497 e. The van der Waals surface area contributed by atoms with E-state index in [0.717, 1.165) is 22.6 Å². The summed E-state index contributed by atoms with van der Waals surface area (Å²) in [4.78, 5) is 11.9. The van der Waals surface area contributed by atoms with Gasteiger partial charge in [0.05, 0.1) is 20.1 Å². The fourth-order valence-electron chi connectivity index (χ4n) is 1.87. The molecular formula is C16H17NO3. The van der Waals surface area contributed by atoms with E-state index < -0.39 is 0 Å². The van der Waals surface area contributed by atoms with Crippen molar-refractivity contribution in [1.82, 2.24) is 0 Å². The van der Waals surface area contributed by atoms with Crippen molar-refractivity contribution in [1.29, 1.82) is 0 Å². The second-order valence-electron chi connectivity index (χ2n) is 4.43. The van der Waals surface area contributed by atoms with Gasteiger partial charge in [-0.2, -0.15) is 0 Å². The molecule has 0 heterocycles. The number of anilines is 1. The number of amides is 1. The van der Waals surface area contributed by atoms with Gasteiger partial charge >= 0.3 is 0 Å². The Morgan fingerprint density at radius 2 is 1.90 bits per heavy atom. The van der Waals surface area contributed by atoms with Crippen LogP contribution in [0, 0.1) is 0 Å². The Balaban J connectivity index is 1.97. The number of carbonyl (C=O) groups is 1. The smallest absolute Gasteiger partial charge is 0.228 e. The quantitative estimate of drug-likeness (QED) is 0.877. The van der Waals surface area contributed by atoms with E-state index in [-0.39, 0.29) is 12.5 Å². The summed E-state index contributed by atoms with van der Waals surface area (Å²) >= 11 is 0. The summed E-state index contributed by atoms with van der Waals surface area (Å²) in [5.41, 5.74) is 2.43. The molecule has 0 aliphatic rings. The van der Waals surface area contributed by atoms with Crippen molar-refractivity contribution < 1.29 is 14.6 Å². The Morgan fingerprint density at radius 1 is 1.15 bits per heavy atom. The molecule has 0 radical (unpaired) electrons. The molecule has 4 heteroatoms. The van der Waals surface area contributed by atoms with Crippen LogP contribution in [0.4, 0.5) is 5.69 Å². The SMILES string of the molecule is COc1cccc(CC(=O)Nc2ccc(CO)cc2)c1. The van der Waals surface area contributed by atoms with Gasteiger partial charge in [-0.3, -0.25) is 4.79 Å². The van der Waals surface area contributed by atoms with Crippen LogP contribution in [0.15, 0.2) is 48.5 Å². The number of rotatable bonds is 5.